The van der Waals surface area contributed by atoms with Crippen molar-refractivity contribution in [2.75, 3.05) is 7.11 Å². The van der Waals surface area contributed by atoms with Crippen LogP contribution in [0.25, 0.3) is 27.9 Å². The van der Waals surface area contributed by atoms with E-state index < -0.39 is 0 Å². The number of nitrogens with zero attached hydrogens (tertiary/aromatic N) is 3. The van der Waals surface area contributed by atoms with Crippen molar-refractivity contribution in [1.29, 1.82) is 0 Å². The minimum Gasteiger partial charge on any atom is -0.497 e. The lowest BCUT2D eigenvalue weighted by Gasteiger charge is -2.00. The number of benzene rings is 2. The summed E-state index contributed by atoms with van der Waals surface area (Å²) in [6.45, 7) is 0. The van der Waals surface area contributed by atoms with Crippen molar-refractivity contribution in [3.8, 4) is 17.1 Å². The molecule has 0 radical (unpaired) electrons. The third kappa shape index (κ3) is 2.15. The minimum atomic E-state index is -0.382. The van der Waals surface area contributed by atoms with Crippen molar-refractivity contribution < 1.29 is 4.74 Å². The van der Waals surface area contributed by atoms with Crippen LogP contribution in [0, 0.1) is 0 Å². The molecule has 0 saturated heterocycles. The Labute approximate surface area is 135 Å². The molecule has 0 spiro atoms. The number of aromatic amines is 1. The van der Waals surface area contributed by atoms with Crippen molar-refractivity contribution >= 4 is 28.2 Å². The summed E-state index contributed by atoms with van der Waals surface area (Å²) in [5.41, 5.74) is 1.44. The normalized spacial score (nSPS) is 11.2. The van der Waals surface area contributed by atoms with Gasteiger partial charge >= 0.3 is 5.69 Å². The number of rotatable bonds is 2. The number of para-hydroxylation sites is 1. The first-order valence-electron chi connectivity index (χ1n) is 6.89. The Kier molecular flexibility index (Phi) is 3.06. The zero-order valence-electron chi connectivity index (χ0n) is 12.1. The van der Waals surface area contributed by atoms with Gasteiger partial charge in [-0.25, -0.2) is 9.78 Å². The monoisotopic (exact) mass is 326 g/mol. The molecule has 0 amide bonds. The zero-order valence-corrected chi connectivity index (χ0v) is 12.8. The third-order valence-electron chi connectivity index (χ3n) is 3.63. The maximum atomic E-state index is 12.2. The molecule has 2 aromatic heterocycles. The lowest BCUT2D eigenvalue weighted by atomic mass is 10.2. The fourth-order valence-corrected chi connectivity index (χ4v) is 2.71. The number of H-pyrrole nitrogens is 1. The first-order valence-corrected chi connectivity index (χ1v) is 7.27. The second-order valence-electron chi connectivity index (χ2n) is 4.99. The van der Waals surface area contributed by atoms with Gasteiger partial charge in [-0.15, -0.1) is 5.10 Å². The molecule has 0 aliphatic rings. The molecule has 0 saturated carbocycles. The molecule has 4 aromatic rings. The van der Waals surface area contributed by atoms with E-state index in [4.69, 9.17) is 16.3 Å². The quantitative estimate of drug-likeness (QED) is 0.615. The Morgan fingerprint density at radius 2 is 1.96 bits per heavy atom. The molecule has 0 aliphatic carbocycles. The Morgan fingerprint density at radius 3 is 2.70 bits per heavy atom. The number of fused-ring (bicyclic) bond motifs is 3. The van der Waals surface area contributed by atoms with Gasteiger partial charge in [0.15, 0.2) is 11.5 Å². The summed E-state index contributed by atoms with van der Waals surface area (Å²) in [6.07, 6.45) is 0. The molecular formula is C16H11ClN4O2. The van der Waals surface area contributed by atoms with E-state index in [1.165, 1.54) is 4.52 Å². The standard InChI is InChI=1S/C16H11ClN4O2/c1-23-10-7-5-9(6-8-10)14-19-15-11-3-2-4-12(17)13(11)18-16(22)21(15)20-14/h2-8H,1H3,(H,18,22). The molecule has 114 valence electrons. The number of halogens is 1. The molecule has 0 bridgehead atoms. The number of hydrogen-bond donors (Lipinski definition) is 1. The molecule has 23 heavy (non-hydrogen) atoms. The second kappa shape index (κ2) is 5.10. The topological polar surface area (TPSA) is 72.3 Å². The summed E-state index contributed by atoms with van der Waals surface area (Å²) in [5.74, 6) is 1.21. The van der Waals surface area contributed by atoms with Crippen LogP contribution >= 0.6 is 11.6 Å². The molecule has 2 aromatic carbocycles. The summed E-state index contributed by atoms with van der Waals surface area (Å²) in [5, 5.41) is 5.50. The minimum absolute atomic E-state index is 0.382. The van der Waals surface area contributed by atoms with Crippen LogP contribution < -0.4 is 10.4 Å². The molecule has 0 atom stereocenters. The summed E-state index contributed by atoms with van der Waals surface area (Å²) < 4.78 is 6.39. The van der Waals surface area contributed by atoms with E-state index in [9.17, 15) is 4.79 Å². The van der Waals surface area contributed by atoms with Crippen LogP contribution in [-0.2, 0) is 0 Å². The molecule has 1 N–H and O–H groups in total. The van der Waals surface area contributed by atoms with Crippen molar-refractivity contribution in [1.82, 2.24) is 19.6 Å². The van der Waals surface area contributed by atoms with Gasteiger partial charge in [0.25, 0.3) is 0 Å². The summed E-state index contributed by atoms with van der Waals surface area (Å²) in [4.78, 5) is 19.5. The van der Waals surface area contributed by atoms with Crippen LogP contribution in [-0.4, -0.2) is 26.7 Å². The highest BCUT2D eigenvalue weighted by molar-refractivity contribution is 6.35. The van der Waals surface area contributed by atoms with Gasteiger partial charge in [0.05, 0.1) is 17.6 Å². The van der Waals surface area contributed by atoms with Crippen molar-refractivity contribution in [2.24, 2.45) is 0 Å². The van der Waals surface area contributed by atoms with Crippen molar-refractivity contribution in [3.05, 3.63) is 58.0 Å². The fourth-order valence-electron chi connectivity index (χ4n) is 2.49. The van der Waals surface area contributed by atoms with Crippen LogP contribution in [0.3, 0.4) is 0 Å². The van der Waals surface area contributed by atoms with Gasteiger partial charge in [0.2, 0.25) is 0 Å². The van der Waals surface area contributed by atoms with E-state index in [0.29, 0.717) is 22.0 Å². The first kappa shape index (κ1) is 13.8. The number of ether oxygens (including phenoxy) is 1. The van der Waals surface area contributed by atoms with Gasteiger partial charge in [0, 0.05) is 10.9 Å². The number of methoxy groups -OCH3 is 1. The van der Waals surface area contributed by atoms with Crippen LogP contribution in [0.4, 0.5) is 0 Å². The van der Waals surface area contributed by atoms with Gasteiger partial charge < -0.3 is 9.72 Å². The number of hydrogen-bond acceptors (Lipinski definition) is 4. The van der Waals surface area contributed by atoms with E-state index in [2.05, 4.69) is 15.1 Å². The van der Waals surface area contributed by atoms with E-state index in [1.54, 1.807) is 13.2 Å². The van der Waals surface area contributed by atoms with Crippen LogP contribution in [0.15, 0.2) is 47.3 Å². The highest BCUT2D eigenvalue weighted by Crippen LogP contribution is 2.25. The van der Waals surface area contributed by atoms with Crippen molar-refractivity contribution in [3.63, 3.8) is 0 Å². The SMILES string of the molecule is COc1ccc(-c2nc3c4cccc(Cl)c4[nH]c(=O)n3n2)cc1. The van der Waals surface area contributed by atoms with Gasteiger partial charge in [-0.3, -0.25) is 0 Å². The summed E-state index contributed by atoms with van der Waals surface area (Å²) in [7, 11) is 1.60. The Morgan fingerprint density at radius 1 is 1.17 bits per heavy atom. The highest BCUT2D eigenvalue weighted by Gasteiger charge is 2.13. The molecule has 6 nitrogen and oxygen atoms in total. The van der Waals surface area contributed by atoms with Crippen LogP contribution in [0.5, 0.6) is 5.75 Å². The van der Waals surface area contributed by atoms with Crippen LogP contribution in [0.1, 0.15) is 0 Å². The maximum Gasteiger partial charge on any atom is 0.348 e. The molecule has 2 heterocycles. The van der Waals surface area contributed by atoms with Gasteiger partial charge in [-0.1, -0.05) is 17.7 Å². The molecule has 0 unspecified atom stereocenters. The molecule has 4 rings (SSSR count). The number of nitrogens with one attached hydrogen (secondary N) is 1. The predicted molar refractivity (Wildman–Crippen MR) is 88.1 cm³/mol. The largest absolute Gasteiger partial charge is 0.497 e. The Hall–Kier alpha value is -2.86. The van der Waals surface area contributed by atoms with Gasteiger partial charge in [0.1, 0.15) is 5.75 Å². The lowest BCUT2D eigenvalue weighted by Crippen LogP contribution is -2.17. The average molecular weight is 327 g/mol. The van der Waals surface area contributed by atoms with Crippen molar-refractivity contribution in [2.45, 2.75) is 0 Å². The van der Waals surface area contributed by atoms with E-state index in [0.717, 1.165) is 16.7 Å². The zero-order chi connectivity index (χ0) is 16.0. The summed E-state index contributed by atoms with van der Waals surface area (Å²) >= 11 is 6.15. The lowest BCUT2D eigenvalue weighted by molar-refractivity contribution is 0.415. The van der Waals surface area contributed by atoms with E-state index >= 15 is 0 Å². The Balaban J connectivity index is 2.00. The second-order valence-corrected chi connectivity index (χ2v) is 5.40. The third-order valence-corrected chi connectivity index (χ3v) is 3.95. The van der Waals surface area contributed by atoms with Crippen LogP contribution in [0.2, 0.25) is 5.02 Å². The van der Waals surface area contributed by atoms with Gasteiger partial charge in [-0.05, 0) is 36.4 Å². The molecule has 0 fully saturated rings. The fraction of sp³-hybridized carbons (Fsp3) is 0.0625. The average Bonchev–Trinajstić information content (AvgIpc) is 3.02. The maximum absolute atomic E-state index is 12.2. The molecular weight excluding hydrogens is 316 g/mol. The highest BCUT2D eigenvalue weighted by atomic mass is 35.5. The first-order chi connectivity index (χ1) is 11.2. The van der Waals surface area contributed by atoms with Gasteiger partial charge in [-0.2, -0.15) is 4.52 Å². The molecule has 7 heteroatoms. The van der Waals surface area contributed by atoms with E-state index in [-0.39, 0.29) is 5.69 Å². The predicted octanol–water partition coefficient (Wildman–Crippen LogP) is 2.90. The molecule has 0 aliphatic heterocycles. The van der Waals surface area contributed by atoms with E-state index in [1.807, 2.05) is 36.4 Å². The Bertz CT molecular complexity index is 1080. The summed E-state index contributed by atoms with van der Waals surface area (Å²) in [6, 6.07) is 12.7. The number of aromatic nitrogens is 4. The smallest absolute Gasteiger partial charge is 0.348 e.